The van der Waals surface area contributed by atoms with E-state index in [0.717, 1.165) is 10.9 Å². The third-order valence-corrected chi connectivity index (χ3v) is 5.98. The minimum atomic E-state index is -3.38. The normalized spacial score (nSPS) is 12.2. The molecule has 0 aliphatic rings. The number of H-pyrrole nitrogens is 1. The molecule has 0 aromatic carbocycles. The number of anilines is 1. The number of pyridine rings is 2. The third kappa shape index (κ3) is 3.21. The summed E-state index contributed by atoms with van der Waals surface area (Å²) in [6.45, 7) is 7.37. The zero-order chi connectivity index (χ0) is 18.2. The number of hydrogen-bond acceptors (Lipinski definition) is 6. The first-order valence-electron chi connectivity index (χ1n) is 8.10. The monoisotopic (exact) mass is 359 g/mol. The van der Waals surface area contributed by atoms with Gasteiger partial charge in [-0.2, -0.15) is 5.10 Å². The Kier molecular flexibility index (Phi) is 4.47. The fraction of sp³-hybridized carbons (Fsp3) is 0.353. The van der Waals surface area contributed by atoms with Gasteiger partial charge < -0.3 is 5.32 Å². The summed E-state index contributed by atoms with van der Waals surface area (Å²) >= 11 is 0. The van der Waals surface area contributed by atoms with Crippen molar-refractivity contribution in [2.75, 3.05) is 5.32 Å². The number of fused-ring (bicyclic) bond motifs is 1. The van der Waals surface area contributed by atoms with Crippen LogP contribution in [0.25, 0.3) is 22.3 Å². The summed E-state index contributed by atoms with van der Waals surface area (Å²) in [6, 6.07) is 5.10. The van der Waals surface area contributed by atoms with Crippen molar-refractivity contribution < 1.29 is 8.42 Å². The Morgan fingerprint density at radius 1 is 1.08 bits per heavy atom. The zero-order valence-electron chi connectivity index (χ0n) is 14.6. The van der Waals surface area contributed by atoms with Crippen LogP contribution in [0.5, 0.6) is 0 Å². The molecule has 3 heterocycles. The lowest BCUT2D eigenvalue weighted by Crippen LogP contribution is -2.14. The highest BCUT2D eigenvalue weighted by Crippen LogP contribution is 2.31. The van der Waals surface area contributed by atoms with Gasteiger partial charge in [0.2, 0.25) is 0 Å². The van der Waals surface area contributed by atoms with E-state index in [0.29, 0.717) is 17.2 Å². The zero-order valence-corrected chi connectivity index (χ0v) is 15.4. The highest BCUT2D eigenvalue weighted by atomic mass is 32.2. The summed E-state index contributed by atoms with van der Waals surface area (Å²) in [7, 11) is -3.38. The molecule has 3 aromatic heterocycles. The van der Waals surface area contributed by atoms with Crippen molar-refractivity contribution in [3.05, 3.63) is 30.6 Å². The average molecular weight is 359 g/mol. The molecule has 25 heavy (non-hydrogen) atoms. The van der Waals surface area contributed by atoms with Gasteiger partial charge in [-0.1, -0.05) is 0 Å². The molecule has 0 saturated heterocycles. The Morgan fingerprint density at radius 2 is 1.80 bits per heavy atom. The summed E-state index contributed by atoms with van der Waals surface area (Å²) in [5.74, 6) is 0.690. The summed E-state index contributed by atoms with van der Waals surface area (Å²) in [5.41, 5.74) is 1.88. The molecule has 0 atom stereocenters. The lowest BCUT2D eigenvalue weighted by atomic mass is 10.1. The number of hydrogen-bond donors (Lipinski definition) is 2. The molecule has 132 valence electrons. The van der Waals surface area contributed by atoms with E-state index in [4.69, 9.17) is 0 Å². The van der Waals surface area contributed by atoms with Gasteiger partial charge in [-0.25, -0.2) is 13.4 Å². The minimum Gasteiger partial charge on any atom is -0.367 e. The van der Waals surface area contributed by atoms with Crippen LogP contribution >= 0.6 is 0 Å². The van der Waals surface area contributed by atoms with Crippen LogP contribution in [0, 0.1) is 0 Å². The van der Waals surface area contributed by atoms with E-state index in [1.807, 2.05) is 19.9 Å². The standard InChI is InChI=1S/C17H21N5O2S/c1-10(2)20-17-15-13(6-8-19-17)21-22-16(15)14-9-12(5-7-18-14)25(23,24)11(3)4/h5-11H,1-4H3,(H,19,20)(H,21,22). The van der Waals surface area contributed by atoms with Crippen LogP contribution in [0.15, 0.2) is 35.5 Å². The van der Waals surface area contributed by atoms with Crippen molar-refractivity contribution >= 4 is 26.6 Å². The number of nitrogens with zero attached hydrogens (tertiary/aromatic N) is 3. The maximum absolute atomic E-state index is 12.4. The fourth-order valence-corrected chi connectivity index (χ4v) is 3.60. The number of sulfone groups is 1. The van der Waals surface area contributed by atoms with Crippen molar-refractivity contribution in [3.8, 4) is 11.4 Å². The van der Waals surface area contributed by atoms with Gasteiger partial charge in [0.1, 0.15) is 11.5 Å². The van der Waals surface area contributed by atoms with Crippen LogP contribution in [0.4, 0.5) is 5.82 Å². The lowest BCUT2D eigenvalue weighted by molar-refractivity contribution is 0.587. The molecule has 8 heteroatoms. The molecule has 0 spiro atoms. The second-order valence-electron chi connectivity index (χ2n) is 6.42. The van der Waals surface area contributed by atoms with E-state index in [2.05, 4.69) is 25.5 Å². The predicted octanol–water partition coefficient (Wildman–Crippen LogP) is 3.02. The number of rotatable bonds is 5. The van der Waals surface area contributed by atoms with Crippen LogP contribution in [-0.2, 0) is 9.84 Å². The van der Waals surface area contributed by atoms with Crippen LogP contribution in [0.3, 0.4) is 0 Å². The summed E-state index contributed by atoms with van der Waals surface area (Å²) in [6.07, 6.45) is 3.19. The Bertz CT molecular complexity index is 1010. The molecular weight excluding hydrogens is 338 g/mol. The Hall–Kier alpha value is -2.48. The average Bonchev–Trinajstić information content (AvgIpc) is 2.99. The molecule has 2 N–H and O–H groups in total. The van der Waals surface area contributed by atoms with Crippen molar-refractivity contribution in [1.82, 2.24) is 20.2 Å². The van der Waals surface area contributed by atoms with Crippen LogP contribution in [0.1, 0.15) is 27.7 Å². The maximum atomic E-state index is 12.4. The van der Waals surface area contributed by atoms with Crippen LogP contribution in [-0.4, -0.2) is 39.9 Å². The number of nitrogens with one attached hydrogen (secondary N) is 2. The highest BCUT2D eigenvalue weighted by molar-refractivity contribution is 7.92. The minimum absolute atomic E-state index is 0.196. The summed E-state index contributed by atoms with van der Waals surface area (Å²) in [5, 5.41) is 10.9. The van der Waals surface area contributed by atoms with E-state index in [1.165, 1.54) is 12.3 Å². The van der Waals surface area contributed by atoms with Gasteiger partial charge in [0.25, 0.3) is 0 Å². The van der Waals surface area contributed by atoms with Gasteiger partial charge in [0.15, 0.2) is 9.84 Å². The molecule has 0 amide bonds. The van der Waals surface area contributed by atoms with Gasteiger partial charge in [-0.05, 0) is 45.9 Å². The van der Waals surface area contributed by atoms with Crippen LogP contribution < -0.4 is 5.32 Å². The molecule has 0 radical (unpaired) electrons. The topological polar surface area (TPSA) is 101 Å². The first-order chi connectivity index (χ1) is 11.8. The molecule has 0 saturated carbocycles. The fourth-order valence-electron chi connectivity index (χ4n) is 2.52. The molecule has 0 aliphatic carbocycles. The van der Waals surface area contributed by atoms with Crippen molar-refractivity contribution in [1.29, 1.82) is 0 Å². The first-order valence-corrected chi connectivity index (χ1v) is 9.65. The Balaban J connectivity index is 2.18. The van der Waals surface area contributed by atoms with E-state index >= 15 is 0 Å². The molecule has 0 aliphatic heterocycles. The number of aromatic nitrogens is 4. The van der Waals surface area contributed by atoms with Gasteiger partial charge in [0, 0.05) is 18.4 Å². The second kappa shape index (κ2) is 6.44. The Morgan fingerprint density at radius 3 is 2.48 bits per heavy atom. The van der Waals surface area contributed by atoms with E-state index in [1.54, 1.807) is 26.1 Å². The van der Waals surface area contributed by atoms with E-state index in [9.17, 15) is 8.42 Å². The molecule has 7 nitrogen and oxygen atoms in total. The van der Waals surface area contributed by atoms with E-state index < -0.39 is 15.1 Å². The largest absolute Gasteiger partial charge is 0.367 e. The number of aromatic amines is 1. The molecule has 0 unspecified atom stereocenters. The van der Waals surface area contributed by atoms with Crippen molar-refractivity contribution in [2.24, 2.45) is 0 Å². The van der Waals surface area contributed by atoms with Gasteiger partial charge in [-0.15, -0.1) is 0 Å². The molecular formula is C17H21N5O2S. The highest BCUT2D eigenvalue weighted by Gasteiger charge is 2.21. The first kappa shape index (κ1) is 17.3. The molecule has 3 aromatic rings. The third-order valence-electron chi connectivity index (χ3n) is 3.82. The Labute approximate surface area is 146 Å². The van der Waals surface area contributed by atoms with Gasteiger partial charge in [-0.3, -0.25) is 10.1 Å². The van der Waals surface area contributed by atoms with Crippen molar-refractivity contribution in [3.63, 3.8) is 0 Å². The van der Waals surface area contributed by atoms with Gasteiger partial charge in [0.05, 0.1) is 26.7 Å². The van der Waals surface area contributed by atoms with Crippen LogP contribution in [0.2, 0.25) is 0 Å². The summed E-state index contributed by atoms with van der Waals surface area (Å²) < 4.78 is 24.9. The smallest absolute Gasteiger partial charge is 0.180 e. The molecule has 0 fully saturated rings. The molecule has 3 rings (SSSR count). The quantitative estimate of drug-likeness (QED) is 0.726. The van der Waals surface area contributed by atoms with Crippen molar-refractivity contribution in [2.45, 2.75) is 43.9 Å². The summed E-state index contributed by atoms with van der Waals surface area (Å²) in [4.78, 5) is 8.95. The molecule has 0 bridgehead atoms. The second-order valence-corrected chi connectivity index (χ2v) is 8.93. The predicted molar refractivity (Wildman–Crippen MR) is 98.2 cm³/mol. The van der Waals surface area contributed by atoms with Gasteiger partial charge >= 0.3 is 0 Å². The van der Waals surface area contributed by atoms with E-state index in [-0.39, 0.29) is 10.9 Å². The lowest BCUT2D eigenvalue weighted by Gasteiger charge is -2.11. The SMILES string of the molecule is CC(C)Nc1nccc2[nH]nc(-c3cc(S(=O)(=O)C(C)C)ccn3)c12. The maximum Gasteiger partial charge on any atom is 0.180 e.